The predicted octanol–water partition coefficient (Wildman–Crippen LogP) is 2.91. The van der Waals surface area contributed by atoms with Crippen molar-refractivity contribution in [2.24, 2.45) is 11.3 Å². The standard InChI is InChI=1S/C19H23N3O2S/c1-14-11-21(17(23)5-4-15-3-2-8-20-15)13-19(14)7-9-22(18(19)24)16-6-10-25-12-16/h2-3,6,8,10,12,14,20H,4-5,7,9,11,13H2,1H3/t14-,19-/m1/s1. The number of H-pyrrole nitrogens is 1. The molecule has 2 aromatic heterocycles. The molecule has 0 bridgehead atoms. The number of rotatable bonds is 4. The largest absolute Gasteiger partial charge is 0.365 e. The molecule has 0 aromatic carbocycles. The van der Waals surface area contributed by atoms with Gasteiger partial charge in [0.25, 0.3) is 0 Å². The van der Waals surface area contributed by atoms with Crippen molar-refractivity contribution in [2.75, 3.05) is 24.5 Å². The van der Waals surface area contributed by atoms with Gasteiger partial charge in [-0.25, -0.2) is 0 Å². The molecule has 2 amide bonds. The number of thiophene rings is 1. The molecule has 132 valence electrons. The van der Waals surface area contributed by atoms with Crippen LogP contribution in [0.15, 0.2) is 35.2 Å². The van der Waals surface area contributed by atoms with Crippen molar-refractivity contribution < 1.29 is 9.59 Å². The van der Waals surface area contributed by atoms with Crippen molar-refractivity contribution in [1.82, 2.24) is 9.88 Å². The molecule has 2 atom stereocenters. The van der Waals surface area contributed by atoms with E-state index < -0.39 is 5.41 Å². The van der Waals surface area contributed by atoms with Gasteiger partial charge < -0.3 is 14.8 Å². The van der Waals surface area contributed by atoms with Crippen LogP contribution in [0.1, 0.15) is 25.5 Å². The Balaban J connectivity index is 1.44. The molecule has 1 spiro atoms. The summed E-state index contributed by atoms with van der Waals surface area (Å²) in [6.45, 7) is 4.13. The molecular formula is C19H23N3O2S. The lowest BCUT2D eigenvalue weighted by molar-refractivity contribution is -0.131. The van der Waals surface area contributed by atoms with E-state index in [9.17, 15) is 9.59 Å². The number of carbonyl (C=O) groups excluding carboxylic acids is 2. The van der Waals surface area contributed by atoms with E-state index in [2.05, 4.69) is 11.9 Å². The molecule has 0 unspecified atom stereocenters. The van der Waals surface area contributed by atoms with Crippen LogP contribution in [0.4, 0.5) is 5.69 Å². The van der Waals surface area contributed by atoms with Gasteiger partial charge in [0.05, 0.1) is 11.1 Å². The van der Waals surface area contributed by atoms with Gasteiger partial charge in [0, 0.05) is 43.3 Å². The van der Waals surface area contributed by atoms with Gasteiger partial charge in [-0.05, 0) is 42.3 Å². The summed E-state index contributed by atoms with van der Waals surface area (Å²) >= 11 is 1.61. The van der Waals surface area contributed by atoms with Crippen LogP contribution in [0.2, 0.25) is 0 Å². The Bertz CT molecular complexity index is 756. The normalized spacial score (nSPS) is 26.1. The molecule has 2 fully saturated rings. The van der Waals surface area contributed by atoms with Crippen molar-refractivity contribution >= 4 is 28.8 Å². The first-order valence-corrected chi connectivity index (χ1v) is 9.79. The smallest absolute Gasteiger partial charge is 0.235 e. The van der Waals surface area contributed by atoms with E-state index in [1.807, 2.05) is 45.0 Å². The first kappa shape index (κ1) is 16.4. The molecule has 4 rings (SSSR count). The van der Waals surface area contributed by atoms with E-state index in [1.54, 1.807) is 11.3 Å². The maximum atomic E-state index is 13.1. The van der Waals surface area contributed by atoms with Crippen LogP contribution in [0.5, 0.6) is 0 Å². The SMILES string of the molecule is C[C@@H]1CN(C(=O)CCc2ccc[nH]2)C[C@]12CCN(c1ccsc1)C2=O. The number of nitrogens with one attached hydrogen (secondary N) is 1. The number of aromatic amines is 1. The van der Waals surface area contributed by atoms with E-state index in [1.165, 1.54) is 0 Å². The Morgan fingerprint density at radius 3 is 3.04 bits per heavy atom. The minimum absolute atomic E-state index is 0.153. The second kappa shape index (κ2) is 6.33. The summed E-state index contributed by atoms with van der Waals surface area (Å²) in [5.41, 5.74) is 1.68. The molecule has 2 aromatic rings. The highest BCUT2D eigenvalue weighted by Crippen LogP contribution is 2.46. The molecule has 0 radical (unpaired) electrons. The highest BCUT2D eigenvalue weighted by atomic mass is 32.1. The minimum atomic E-state index is -0.399. The maximum Gasteiger partial charge on any atom is 0.235 e. The van der Waals surface area contributed by atoms with Crippen molar-refractivity contribution in [2.45, 2.75) is 26.2 Å². The minimum Gasteiger partial charge on any atom is -0.365 e. The Morgan fingerprint density at radius 1 is 1.44 bits per heavy atom. The molecule has 0 saturated carbocycles. The molecule has 25 heavy (non-hydrogen) atoms. The maximum absolute atomic E-state index is 13.1. The van der Waals surface area contributed by atoms with Crippen molar-refractivity contribution in [1.29, 1.82) is 0 Å². The third-order valence-electron chi connectivity index (χ3n) is 5.80. The Kier molecular flexibility index (Phi) is 4.15. The van der Waals surface area contributed by atoms with Gasteiger partial charge in [0.2, 0.25) is 11.8 Å². The van der Waals surface area contributed by atoms with Gasteiger partial charge in [-0.3, -0.25) is 9.59 Å². The number of aryl methyl sites for hydroxylation is 1. The fourth-order valence-corrected chi connectivity index (χ4v) is 4.87. The van der Waals surface area contributed by atoms with Crippen LogP contribution in [-0.2, 0) is 16.0 Å². The summed E-state index contributed by atoms with van der Waals surface area (Å²) in [5, 5.41) is 4.03. The third-order valence-corrected chi connectivity index (χ3v) is 6.48. The molecule has 4 heterocycles. The van der Waals surface area contributed by atoms with Gasteiger partial charge in [0.15, 0.2) is 0 Å². The van der Waals surface area contributed by atoms with Crippen molar-refractivity contribution in [3.05, 3.63) is 40.8 Å². The van der Waals surface area contributed by atoms with Crippen LogP contribution in [0.3, 0.4) is 0 Å². The summed E-state index contributed by atoms with van der Waals surface area (Å²) in [6, 6.07) is 5.95. The topological polar surface area (TPSA) is 56.4 Å². The summed E-state index contributed by atoms with van der Waals surface area (Å²) in [6.07, 6.45) is 3.93. The fraction of sp³-hybridized carbons (Fsp3) is 0.474. The number of aromatic nitrogens is 1. The summed E-state index contributed by atoms with van der Waals surface area (Å²) in [5.74, 6) is 0.552. The highest BCUT2D eigenvalue weighted by Gasteiger charge is 2.56. The van der Waals surface area contributed by atoms with Gasteiger partial charge in [-0.2, -0.15) is 11.3 Å². The van der Waals surface area contributed by atoms with Crippen LogP contribution >= 0.6 is 11.3 Å². The number of nitrogens with zero attached hydrogens (tertiary/aromatic N) is 2. The zero-order chi connectivity index (χ0) is 17.4. The molecule has 2 aliphatic rings. The molecule has 0 aliphatic carbocycles. The van der Waals surface area contributed by atoms with Gasteiger partial charge in [0.1, 0.15) is 0 Å². The molecule has 5 nitrogen and oxygen atoms in total. The lowest BCUT2D eigenvalue weighted by atomic mass is 9.78. The van der Waals surface area contributed by atoms with Crippen LogP contribution in [0.25, 0.3) is 0 Å². The van der Waals surface area contributed by atoms with Gasteiger partial charge in [-0.1, -0.05) is 6.92 Å². The number of likely N-dealkylation sites (tertiary alicyclic amines) is 1. The van der Waals surface area contributed by atoms with Crippen molar-refractivity contribution in [3.63, 3.8) is 0 Å². The van der Waals surface area contributed by atoms with E-state index in [0.29, 0.717) is 19.5 Å². The first-order valence-electron chi connectivity index (χ1n) is 8.84. The molecule has 6 heteroatoms. The summed E-state index contributed by atoms with van der Waals surface area (Å²) in [7, 11) is 0. The van der Waals surface area contributed by atoms with E-state index in [4.69, 9.17) is 0 Å². The lowest BCUT2D eigenvalue weighted by Gasteiger charge is -2.26. The third kappa shape index (κ3) is 2.78. The number of anilines is 1. The van der Waals surface area contributed by atoms with Crippen molar-refractivity contribution in [3.8, 4) is 0 Å². The molecular weight excluding hydrogens is 334 g/mol. The number of carbonyl (C=O) groups is 2. The van der Waals surface area contributed by atoms with Gasteiger partial charge >= 0.3 is 0 Å². The van der Waals surface area contributed by atoms with Crippen LogP contribution in [-0.4, -0.2) is 41.3 Å². The highest BCUT2D eigenvalue weighted by molar-refractivity contribution is 7.08. The second-order valence-corrected chi connectivity index (χ2v) is 8.00. The fourth-order valence-electron chi connectivity index (χ4n) is 4.23. The van der Waals surface area contributed by atoms with E-state index in [-0.39, 0.29) is 17.7 Å². The lowest BCUT2D eigenvalue weighted by Crippen LogP contribution is -2.40. The Hall–Kier alpha value is -2.08. The predicted molar refractivity (Wildman–Crippen MR) is 98.6 cm³/mol. The summed E-state index contributed by atoms with van der Waals surface area (Å²) in [4.78, 5) is 32.7. The number of hydrogen-bond acceptors (Lipinski definition) is 3. The molecule has 1 N–H and O–H groups in total. The Morgan fingerprint density at radius 2 is 2.32 bits per heavy atom. The average Bonchev–Trinajstić information content (AvgIpc) is 3.37. The second-order valence-electron chi connectivity index (χ2n) is 7.22. The zero-order valence-corrected chi connectivity index (χ0v) is 15.2. The Labute approximate surface area is 151 Å². The molecule has 2 aliphatic heterocycles. The van der Waals surface area contributed by atoms with E-state index >= 15 is 0 Å². The monoisotopic (exact) mass is 357 g/mol. The van der Waals surface area contributed by atoms with E-state index in [0.717, 1.165) is 30.8 Å². The zero-order valence-electron chi connectivity index (χ0n) is 14.4. The first-order chi connectivity index (χ1) is 12.1. The van der Waals surface area contributed by atoms with Gasteiger partial charge in [-0.15, -0.1) is 0 Å². The molecule has 2 saturated heterocycles. The number of amides is 2. The van der Waals surface area contributed by atoms with Crippen LogP contribution < -0.4 is 4.90 Å². The average molecular weight is 357 g/mol. The quantitative estimate of drug-likeness (QED) is 0.915. The summed E-state index contributed by atoms with van der Waals surface area (Å²) < 4.78 is 0. The van der Waals surface area contributed by atoms with Crippen LogP contribution in [0, 0.1) is 11.3 Å². The number of hydrogen-bond donors (Lipinski definition) is 1.